The second kappa shape index (κ2) is 4.11. The van der Waals surface area contributed by atoms with Crippen LogP contribution >= 0.6 is 0 Å². The number of rotatable bonds is 2. The van der Waals surface area contributed by atoms with Gasteiger partial charge in [0.25, 0.3) is 0 Å². The number of fused-ring (bicyclic) bond motifs is 1. The number of nitrogens with zero attached hydrogens (tertiary/aromatic N) is 1. The molecule has 2 N–H and O–H groups in total. The lowest BCUT2D eigenvalue weighted by Crippen LogP contribution is -2.34. The highest BCUT2D eigenvalue weighted by atomic mass is 14.7. The maximum atomic E-state index is 6.13. The molecule has 0 fully saturated rings. The first-order valence-electron chi connectivity index (χ1n) is 6.01. The van der Waals surface area contributed by atoms with Crippen molar-refractivity contribution in [3.8, 4) is 0 Å². The molecule has 0 unspecified atom stereocenters. The molecule has 0 saturated heterocycles. The van der Waals surface area contributed by atoms with E-state index in [4.69, 9.17) is 5.73 Å². The SMILES string of the molecule is Cc1ccc2nc(C)cc(CC(C)(C)N)c2c1. The van der Waals surface area contributed by atoms with Crippen LogP contribution in [0.3, 0.4) is 0 Å². The van der Waals surface area contributed by atoms with Crippen molar-refractivity contribution in [2.45, 2.75) is 39.7 Å². The van der Waals surface area contributed by atoms with E-state index >= 15 is 0 Å². The Balaban J connectivity index is 2.63. The van der Waals surface area contributed by atoms with E-state index in [0.717, 1.165) is 17.6 Å². The zero-order chi connectivity index (χ0) is 12.6. The third-order valence-corrected chi connectivity index (χ3v) is 2.82. The summed E-state index contributed by atoms with van der Waals surface area (Å²) in [5.74, 6) is 0. The van der Waals surface area contributed by atoms with Gasteiger partial charge in [0.15, 0.2) is 0 Å². The second-order valence-electron chi connectivity index (χ2n) is 5.61. The fourth-order valence-electron chi connectivity index (χ4n) is 2.19. The summed E-state index contributed by atoms with van der Waals surface area (Å²) in [4.78, 5) is 4.57. The van der Waals surface area contributed by atoms with E-state index < -0.39 is 0 Å². The van der Waals surface area contributed by atoms with Crippen molar-refractivity contribution < 1.29 is 0 Å². The van der Waals surface area contributed by atoms with Crippen LogP contribution in [0.2, 0.25) is 0 Å². The molecule has 0 spiro atoms. The average molecular weight is 228 g/mol. The molecule has 17 heavy (non-hydrogen) atoms. The lowest BCUT2D eigenvalue weighted by molar-refractivity contribution is 0.518. The average Bonchev–Trinajstić information content (AvgIpc) is 2.16. The Morgan fingerprint density at radius 2 is 1.88 bits per heavy atom. The van der Waals surface area contributed by atoms with Gasteiger partial charge in [0.1, 0.15) is 0 Å². The zero-order valence-electron chi connectivity index (χ0n) is 11.0. The molecule has 1 aromatic carbocycles. The topological polar surface area (TPSA) is 38.9 Å². The van der Waals surface area contributed by atoms with Gasteiger partial charge < -0.3 is 5.73 Å². The van der Waals surface area contributed by atoms with E-state index in [1.54, 1.807) is 0 Å². The van der Waals surface area contributed by atoms with E-state index in [2.05, 4.69) is 50.0 Å². The molecule has 2 heteroatoms. The highest BCUT2D eigenvalue weighted by Gasteiger charge is 2.14. The minimum absolute atomic E-state index is 0.190. The van der Waals surface area contributed by atoms with Gasteiger partial charge in [0, 0.05) is 16.6 Å². The highest BCUT2D eigenvalue weighted by Crippen LogP contribution is 2.22. The molecule has 0 atom stereocenters. The van der Waals surface area contributed by atoms with Crippen LogP contribution in [0.4, 0.5) is 0 Å². The quantitative estimate of drug-likeness (QED) is 0.857. The Kier molecular flexibility index (Phi) is 2.92. The van der Waals surface area contributed by atoms with Gasteiger partial charge in [-0.1, -0.05) is 11.6 Å². The first-order valence-corrected chi connectivity index (χ1v) is 6.01. The number of aryl methyl sites for hydroxylation is 2. The van der Waals surface area contributed by atoms with Gasteiger partial charge in [0.2, 0.25) is 0 Å². The number of nitrogens with two attached hydrogens (primary N) is 1. The summed E-state index contributed by atoms with van der Waals surface area (Å²) in [5, 5.41) is 1.23. The van der Waals surface area contributed by atoms with Crippen molar-refractivity contribution in [3.05, 3.63) is 41.1 Å². The van der Waals surface area contributed by atoms with E-state index in [-0.39, 0.29) is 5.54 Å². The van der Waals surface area contributed by atoms with Crippen LogP contribution in [0, 0.1) is 13.8 Å². The predicted molar refractivity (Wildman–Crippen MR) is 73.2 cm³/mol. The van der Waals surface area contributed by atoms with E-state index in [1.807, 2.05) is 6.92 Å². The van der Waals surface area contributed by atoms with Gasteiger partial charge in [0.05, 0.1) is 5.52 Å². The van der Waals surface area contributed by atoms with Crippen LogP contribution < -0.4 is 5.73 Å². The normalized spacial score (nSPS) is 12.1. The number of benzene rings is 1. The monoisotopic (exact) mass is 228 g/mol. The predicted octanol–water partition coefficient (Wildman–Crippen LogP) is 3.13. The first-order chi connectivity index (χ1) is 7.85. The molecule has 0 bridgehead atoms. The van der Waals surface area contributed by atoms with Gasteiger partial charge >= 0.3 is 0 Å². The van der Waals surface area contributed by atoms with Crippen molar-refractivity contribution in [1.29, 1.82) is 0 Å². The van der Waals surface area contributed by atoms with Crippen LogP contribution in [0.15, 0.2) is 24.3 Å². The molecule has 90 valence electrons. The van der Waals surface area contributed by atoms with Crippen molar-refractivity contribution in [2.75, 3.05) is 0 Å². The summed E-state index contributed by atoms with van der Waals surface area (Å²) in [6.07, 6.45) is 0.871. The Labute approximate surface area is 103 Å². The van der Waals surface area contributed by atoms with E-state index in [1.165, 1.54) is 16.5 Å². The van der Waals surface area contributed by atoms with Gasteiger partial charge in [-0.3, -0.25) is 4.98 Å². The molecule has 2 nitrogen and oxygen atoms in total. The molecule has 0 aliphatic rings. The maximum absolute atomic E-state index is 6.13. The largest absolute Gasteiger partial charge is 0.325 e. The Morgan fingerprint density at radius 3 is 2.53 bits per heavy atom. The molecule has 2 aromatic rings. The molecular weight excluding hydrogens is 208 g/mol. The van der Waals surface area contributed by atoms with Gasteiger partial charge in [-0.2, -0.15) is 0 Å². The molecular formula is C15H20N2. The van der Waals surface area contributed by atoms with Crippen LogP contribution in [-0.4, -0.2) is 10.5 Å². The molecule has 1 heterocycles. The Morgan fingerprint density at radius 1 is 1.18 bits per heavy atom. The third-order valence-electron chi connectivity index (χ3n) is 2.82. The summed E-state index contributed by atoms with van der Waals surface area (Å²) in [7, 11) is 0. The van der Waals surface area contributed by atoms with Gasteiger partial charge in [-0.25, -0.2) is 0 Å². The Bertz CT molecular complexity index is 551. The fourth-order valence-corrected chi connectivity index (χ4v) is 2.19. The van der Waals surface area contributed by atoms with Crippen molar-refractivity contribution >= 4 is 10.9 Å². The summed E-state index contributed by atoms with van der Waals surface area (Å²) in [5.41, 5.74) is 10.6. The van der Waals surface area contributed by atoms with Gasteiger partial charge in [-0.15, -0.1) is 0 Å². The minimum atomic E-state index is -0.190. The number of aromatic nitrogens is 1. The summed E-state index contributed by atoms with van der Waals surface area (Å²) < 4.78 is 0. The number of hydrogen-bond acceptors (Lipinski definition) is 2. The Hall–Kier alpha value is -1.41. The standard InChI is InChI=1S/C15H20N2/c1-10-5-6-14-13(7-10)12(8-11(2)17-14)9-15(3,4)16/h5-8H,9,16H2,1-4H3. The number of pyridine rings is 1. The van der Waals surface area contributed by atoms with Crippen LogP contribution in [0.5, 0.6) is 0 Å². The molecule has 0 aliphatic carbocycles. The van der Waals surface area contributed by atoms with Crippen LogP contribution in [-0.2, 0) is 6.42 Å². The summed E-state index contributed by atoms with van der Waals surface area (Å²) in [6.45, 7) is 8.26. The summed E-state index contributed by atoms with van der Waals surface area (Å²) >= 11 is 0. The first kappa shape index (κ1) is 12.1. The van der Waals surface area contributed by atoms with Crippen molar-refractivity contribution in [2.24, 2.45) is 5.73 Å². The van der Waals surface area contributed by atoms with Crippen LogP contribution in [0.1, 0.15) is 30.7 Å². The maximum Gasteiger partial charge on any atom is 0.0708 e. The van der Waals surface area contributed by atoms with Crippen molar-refractivity contribution in [3.63, 3.8) is 0 Å². The smallest absolute Gasteiger partial charge is 0.0708 e. The lowest BCUT2D eigenvalue weighted by atomic mass is 9.93. The number of hydrogen-bond donors (Lipinski definition) is 1. The molecule has 0 amide bonds. The summed E-state index contributed by atoms with van der Waals surface area (Å²) in [6, 6.07) is 8.54. The highest BCUT2D eigenvalue weighted by molar-refractivity contribution is 5.83. The molecule has 0 saturated carbocycles. The second-order valence-corrected chi connectivity index (χ2v) is 5.61. The minimum Gasteiger partial charge on any atom is -0.325 e. The molecule has 1 aromatic heterocycles. The van der Waals surface area contributed by atoms with E-state index in [9.17, 15) is 0 Å². The molecule has 2 rings (SSSR count). The van der Waals surface area contributed by atoms with Gasteiger partial charge in [-0.05, 0) is 57.9 Å². The molecule has 0 radical (unpaired) electrons. The fraction of sp³-hybridized carbons (Fsp3) is 0.400. The van der Waals surface area contributed by atoms with Crippen LogP contribution in [0.25, 0.3) is 10.9 Å². The van der Waals surface area contributed by atoms with Crippen molar-refractivity contribution in [1.82, 2.24) is 4.98 Å². The van der Waals surface area contributed by atoms with E-state index in [0.29, 0.717) is 0 Å². The third kappa shape index (κ3) is 2.83. The lowest BCUT2D eigenvalue weighted by Gasteiger charge is -2.20. The zero-order valence-corrected chi connectivity index (χ0v) is 11.0. The molecule has 0 aliphatic heterocycles.